The maximum absolute atomic E-state index is 12.9. The SMILES string of the molecule is CC(C)(C)c1ccc(C(=O)N2CCCC(Oc3ccnc(C(N)=O)c3)C2)cc1. The van der Waals surface area contributed by atoms with E-state index in [0.29, 0.717) is 24.4 Å². The van der Waals surface area contributed by atoms with Crippen LogP contribution in [-0.4, -0.2) is 40.9 Å². The zero-order valence-corrected chi connectivity index (χ0v) is 16.6. The number of hydrogen-bond acceptors (Lipinski definition) is 4. The molecule has 1 aliphatic rings. The lowest BCUT2D eigenvalue weighted by atomic mass is 9.86. The van der Waals surface area contributed by atoms with E-state index in [9.17, 15) is 9.59 Å². The molecule has 3 rings (SSSR count). The molecule has 1 atom stereocenters. The van der Waals surface area contributed by atoms with Crippen LogP contribution in [0.15, 0.2) is 42.6 Å². The van der Waals surface area contributed by atoms with E-state index in [2.05, 4.69) is 25.8 Å². The molecule has 6 heteroatoms. The Kier molecular flexibility index (Phi) is 5.68. The van der Waals surface area contributed by atoms with Crippen LogP contribution in [0.3, 0.4) is 0 Å². The van der Waals surface area contributed by atoms with Crippen LogP contribution in [0.1, 0.15) is 60.0 Å². The first-order valence-corrected chi connectivity index (χ1v) is 9.56. The van der Waals surface area contributed by atoms with E-state index in [1.807, 2.05) is 29.2 Å². The molecule has 1 aromatic heterocycles. The number of hydrogen-bond donors (Lipinski definition) is 1. The minimum absolute atomic E-state index is 0.0151. The predicted molar refractivity (Wildman–Crippen MR) is 107 cm³/mol. The van der Waals surface area contributed by atoms with E-state index in [1.165, 1.54) is 17.8 Å². The molecule has 28 heavy (non-hydrogen) atoms. The summed E-state index contributed by atoms with van der Waals surface area (Å²) < 4.78 is 5.98. The molecule has 0 bridgehead atoms. The van der Waals surface area contributed by atoms with Crippen molar-refractivity contribution in [2.75, 3.05) is 13.1 Å². The van der Waals surface area contributed by atoms with Gasteiger partial charge >= 0.3 is 0 Å². The molecule has 2 amide bonds. The van der Waals surface area contributed by atoms with Gasteiger partial charge in [-0.25, -0.2) is 0 Å². The quantitative estimate of drug-likeness (QED) is 0.881. The minimum Gasteiger partial charge on any atom is -0.488 e. The van der Waals surface area contributed by atoms with Crippen molar-refractivity contribution in [1.29, 1.82) is 0 Å². The fraction of sp³-hybridized carbons (Fsp3) is 0.409. The van der Waals surface area contributed by atoms with Crippen LogP contribution >= 0.6 is 0 Å². The molecule has 1 aromatic carbocycles. The van der Waals surface area contributed by atoms with Gasteiger partial charge in [0.15, 0.2) is 0 Å². The van der Waals surface area contributed by atoms with Crippen molar-refractivity contribution in [3.8, 4) is 5.75 Å². The van der Waals surface area contributed by atoms with E-state index >= 15 is 0 Å². The third-order valence-electron chi connectivity index (χ3n) is 4.95. The molecular weight excluding hydrogens is 354 g/mol. The molecule has 0 radical (unpaired) electrons. The van der Waals surface area contributed by atoms with Crippen LogP contribution in [0.4, 0.5) is 0 Å². The number of amides is 2. The first-order valence-electron chi connectivity index (χ1n) is 9.56. The van der Waals surface area contributed by atoms with Gasteiger partial charge in [-0.15, -0.1) is 0 Å². The van der Waals surface area contributed by atoms with Crippen LogP contribution in [0.2, 0.25) is 0 Å². The Morgan fingerprint density at radius 3 is 2.54 bits per heavy atom. The first kappa shape index (κ1) is 19.9. The number of nitrogens with zero attached hydrogens (tertiary/aromatic N) is 2. The Hall–Kier alpha value is -2.89. The molecule has 0 spiro atoms. The second kappa shape index (κ2) is 8.00. The number of pyridine rings is 1. The molecule has 1 saturated heterocycles. The summed E-state index contributed by atoms with van der Waals surface area (Å²) in [5.74, 6) is -0.0384. The number of likely N-dealkylation sites (tertiary alicyclic amines) is 1. The Balaban J connectivity index is 1.66. The summed E-state index contributed by atoms with van der Waals surface area (Å²) in [6, 6.07) is 11.1. The van der Waals surface area contributed by atoms with Crippen molar-refractivity contribution in [3.63, 3.8) is 0 Å². The molecule has 2 heterocycles. The van der Waals surface area contributed by atoms with Gasteiger partial charge in [0.25, 0.3) is 11.8 Å². The van der Waals surface area contributed by atoms with Gasteiger partial charge in [-0.3, -0.25) is 14.6 Å². The van der Waals surface area contributed by atoms with Gasteiger partial charge in [0.1, 0.15) is 17.5 Å². The summed E-state index contributed by atoms with van der Waals surface area (Å²) in [6.07, 6.45) is 3.08. The number of aromatic nitrogens is 1. The maximum Gasteiger partial charge on any atom is 0.267 e. The molecule has 148 valence electrons. The Morgan fingerprint density at radius 1 is 1.18 bits per heavy atom. The van der Waals surface area contributed by atoms with Crippen molar-refractivity contribution in [2.24, 2.45) is 5.73 Å². The normalized spacial score (nSPS) is 17.2. The van der Waals surface area contributed by atoms with Gasteiger partial charge in [-0.1, -0.05) is 32.9 Å². The Labute approximate surface area is 165 Å². The van der Waals surface area contributed by atoms with Gasteiger partial charge in [0.05, 0.1) is 6.54 Å². The van der Waals surface area contributed by atoms with E-state index in [1.54, 1.807) is 6.07 Å². The summed E-state index contributed by atoms with van der Waals surface area (Å²) >= 11 is 0. The van der Waals surface area contributed by atoms with E-state index in [-0.39, 0.29) is 23.1 Å². The number of benzene rings is 1. The van der Waals surface area contributed by atoms with E-state index in [4.69, 9.17) is 10.5 Å². The fourth-order valence-electron chi connectivity index (χ4n) is 3.33. The summed E-state index contributed by atoms with van der Waals surface area (Å²) in [5, 5.41) is 0. The van der Waals surface area contributed by atoms with Crippen LogP contribution < -0.4 is 10.5 Å². The standard InChI is InChI=1S/C22H27N3O3/c1-22(2,3)16-8-6-15(7-9-16)21(27)25-12-4-5-18(14-25)28-17-10-11-24-19(13-17)20(23)26/h6-11,13,18H,4-5,12,14H2,1-3H3,(H2,23,26). The molecule has 6 nitrogen and oxygen atoms in total. The van der Waals surface area contributed by atoms with Crippen molar-refractivity contribution in [3.05, 3.63) is 59.4 Å². The molecule has 1 unspecified atom stereocenters. The fourth-order valence-corrected chi connectivity index (χ4v) is 3.33. The van der Waals surface area contributed by atoms with Crippen LogP contribution in [0.25, 0.3) is 0 Å². The molecule has 1 aliphatic heterocycles. The van der Waals surface area contributed by atoms with Crippen molar-refractivity contribution in [2.45, 2.75) is 45.1 Å². The third-order valence-corrected chi connectivity index (χ3v) is 4.95. The first-order chi connectivity index (χ1) is 13.2. The highest BCUT2D eigenvalue weighted by Gasteiger charge is 2.26. The van der Waals surface area contributed by atoms with Crippen LogP contribution in [0, 0.1) is 0 Å². The average Bonchev–Trinajstić information content (AvgIpc) is 2.67. The largest absolute Gasteiger partial charge is 0.488 e. The van der Waals surface area contributed by atoms with Gasteiger partial charge in [0, 0.05) is 24.4 Å². The van der Waals surface area contributed by atoms with Crippen LogP contribution in [0.5, 0.6) is 5.75 Å². The molecule has 1 fully saturated rings. The number of carbonyl (C=O) groups is 2. The maximum atomic E-state index is 12.9. The topological polar surface area (TPSA) is 85.5 Å². The lowest BCUT2D eigenvalue weighted by molar-refractivity contribution is 0.0537. The average molecular weight is 381 g/mol. The Morgan fingerprint density at radius 2 is 1.89 bits per heavy atom. The molecule has 2 N–H and O–H groups in total. The van der Waals surface area contributed by atoms with Crippen molar-refractivity contribution >= 4 is 11.8 Å². The Bertz CT molecular complexity index is 856. The molecule has 2 aromatic rings. The second-order valence-electron chi connectivity index (χ2n) is 8.20. The van der Waals surface area contributed by atoms with Crippen molar-refractivity contribution in [1.82, 2.24) is 9.88 Å². The van der Waals surface area contributed by atoms with E-state index in [0.717, 1.165) is 12.8 Å². The minimum atomic E-state index is -0.593. The summed E-state index contributed by atoms with van der Waals surface area (Å²) in [5.41, 5.74) is 7.38. The molecular formula is C22H27N3O3. The lowest BCUT2D eigenvalue weighted by Gasteiger charge is -2.33. The molecule has 0 saturated carbocycles. The monoisotopic (exact) mass is 381 g/mol. The number of primary amides is 1. The number of piperidine rings is 1. The molecule has 0 aliphatic carbocycles. The third kappa shape index (κ3) is 4.68. The smallest absolute Gasteiger partial charge is 0.267 e. The summed E-state index contributed by atoms with van der Waals surface area (Å²) in [4.78, 5) is 29.9. The predicted octanol–water partition coefficient (Wildman–Crippen LogP) is 3.16. The second-order valence-corrected chi connectivity index (χ2v) is 8.20. The number of rotatable bonds is 4. The van der Waals surface area contributed by atoms with Gasteiger partial charge < -0.3 is 15.4 Å². The lowest BCUT2D eigenvalue weighted by Crippen LogP contribution is -2.44. The van der Waals surface area contributed by atoms with Gasteiger partial charge in [0.2, 0.25) is 0 Å². The van der Waals surface area contributed by atoms with Gasteiger partial charge in [-0.05, 0) is 42.0 Å². The highest BCUT2D eigenvalue weighted by molar-refractivity contribution is 5.94. The zero-order chi connectivity index (χ0) is 20.3. The number of ether oxygens (including phenoxy) is 1. The van der Waals surface area contributed by atoms with Gasteiger partial charge in [-0.2, -0.15) is 0 Å². The zero-order valence-electron chi connectivity index (χ0n) is 16.6. The van der Waals surface area contributed by atoms with Crippen molar-refractivity contribution < 1.29 is 14.3 Å². The van der Waals surface area contributed by atoms with Crippen LogP contribution in [-0.2, 0) is 5.41 Å². The highest BCUT2D eigenvalue weighted by Crippen LogP contribution is 2.24. The number of nitrogens with two attached hydrogens (primary N) is 1. The number of carbonyl (C=O) groups excluding carboxylic acids is 2. The summed E-state index contributed by atoms with van der Waals surface area (Å²) in [7, 11) is 0. The highest BCUT2D eigenvalue weighted by atomic mass is 16.5. The summed E-state index contributed by atoms with van der Waals surface area (Å²) in [6.45, 7) is 7.67. The van der Waals surface area contributed by atoms with E-state index < -0.39 is 5.91 Å².